The summed E-state index contributed by atoms with van der Waals surface area (Å²) in [4.78, 5) is 35.8. The standard InChI is InChI=1S/C17H17N7OS/c25-17(13-10-26-11-22-13)24-7-1-2-12(9-24)15-16(21-6-5-20-15)23-14-8-18-3-4-19-14/h3-6,8,10-12H,1-2,7,9H2,(H,19,21,23)/t12-/m1/s1. The van der Waals surface area contributed by atoms with Gasteiger partial charge >= 0.3 is 0 Å². The van der Waals surface area contributed by atoms with Gasteiger partial charge in [0.25, 0.3) is 5.91 Å². The first-order chi connectivity index (χ1) is 12.8. The molecule has 1 fully saturated rings. The molecule has 1 atom stereocenters. The average molecular weight is 367 g/mol. The number of carbonyl (C=O) groups is 1. The molecule has 0 saturated carbocycles. The number of hydrogen-bond donors (Lipinski definition) is 1. The summed E-state index contributed by atoms with van der Waals surface area (Å²) in [6.07, 6.45) is 10.1. The number of aromatic nitrogens is 5. The number of anilines is 2. The molecule has 26 heavy (non-hydrogen) atoms. The van der Waals surface area contributed by atoms with Crippen LogP contribution in [0.2, 0.25) is 0 Å². The predicted molar refractivity (Wildman–Crippen MR) is 97.3 cm³/mol. The minimum Gasteiger partial charge on any atom is -0.337 e. The maximum Gasteiger partial charge on any atom is 0.273 e. The second-order valence-electron chi connectivity index (χ2n) is 5.97. The van der Waals surface area contributed by atoms with Crippen molar-refractivity contribution in [3.8, 4) is 0 Å². The molecule has 0 aromatic carbocycles. The molecule has 1 aliphatic heterocycles. The first-order valence-electron chi connectivity index (χ1n) is 8.32. The summed E-state index contributed by atoms with van der Waals surface area (Å²) in [5, 5.41) is 4.97. The van der Waals surface area contributed by atoms with E-state index in [1.807, 2.05) is 4.90 Å². The maximum atomic E-state index is 12.6. The van der Waals surface area contributed by atoms with Crippen LogP contribution in [0.3, 0.4) is 0 Å². The Kier molecular flexibility index (Phi) is 4.78. The summed E-state index contributed by atoms with van der Waals surface area (Å²) in [7, 11) is 0. The van der Waals surface area contributed by atoms with E-state index >= 15 is 0 Å². The fourth-order valence-corrected chi connectivity index (χ4v) is 3.62. The second-order valence-corrected chi connectivity index (χ2v) is 6.69. The lowest BCUT2D eigenvalue weighted by molar-refractivity contribution is 0.0701. The SMILES string of the molecule is O=C(c1cscn1)N1CCC[C@@H](c2nccnc2Nc2cnccn2)C1. The van der Waals surface area contributed by atoms with E-state index in [4.69, 9.17) is 0 Å². The third-order valence-corrected chi connectivity index (χ3v) is 4.87. The van der Waals surface area contributed by atoms with Crippen molar-refractivity contribution >= 4 is 28.9 Å². The topological polar surface area (TPSA) is 96.8 Å². The molecule has 1 saturated heterocycles. The molecule has 132 valence electrons. The Bertz CT molecular complexity index is 872. The Labute approximate surface area is 154 Å². The number of hydrogen-bond acceptors (Lipinski definition) is 8. The number of amides is 1. The van der Waals surface area contributed by atoms with Gasteiger partial charge in [0.1, 0.15) is 11.5 Å². The van der Waals surface area contributed by atoms with Crippen LogP contribution in [-0.2, 0) is 0 Å². The lowest BCUT2D eigenvalue weighted by Gasteiger charge is -2.32. The summed E-state index contributed by atoms with van der Waals surface area (Å²) in [6, 6.07) is 0. The minimum atomic E-state index is -0.0247. The highest BCUT2D eigenvalue weighted by atomic mass is 32.1. The molecule has 0 aliphatic carbocycles. The van der Waals surface area contributed by atoms with E-state index in [1.165, 1.54) is 11.3 Å². The summed E-state index contributed by atoms with van der Waals surface area (Å²) < 4.78 is 0. The molecule has 4 rings (SSSR count). The number of nitrogens with zero attached hydrogens (tertiary/aromatic N) is 6. The molecular formula is C17H17N7OS. The Balaban J connectivity index is 1.54. The number of piperidine rings is 1. The van der Waals surface area contributed by atoms with Crippen molar-refractivity contribution in [1.82, 2.24) is 29.8 Å². The van der Waals surface area contributed by atoms with Crippen LogP contribution in [-0.4, -0.2) is 48.8 Å². The monoisotopic (exact) mass is 367 g/mol. The molecule has 0 radical (unpaired) electrons. The van der Waals surface area contributed by atoms with Crippen LogP contribution in [0.1, 0.15) is 34.9 Å². The Morgan fingerprint density at radius 3 is 2.85 bits per heavy atom. The number of thiazole rings is 1. The molecule has 0 unspecified atom stereocenters. The van der Waals surface area contributed by atoms with E-state index in [-0.39, 0.29) is 11.8 Å². The second kappa shape index (κ2) is 7.52. The van der Waals surface area contributed by atoms with Gasteiger partial charge in [-0.1, -0.05) is 0 Å². The van der Waals surface area contributed by atoms with Crippen molar-refractivity contribution in [1.29, 1.82) is 0 Å². The summed E-state index contributed by atoms with van der Waals surface area (Å²) in [5.74, 6) is 1.35. The van der Waals surface area contributed by atoms with Gasteiger partial charge in [-0.2, -0.15) is 0 Å². The van der Waals surface area contributed by atoms with Gasteiger partial charge < -0.3 is 10.2 Å². The van der Waals surface area contributed by atoms with Gasteiger partial charge in [0.2, 0.25) is 0 Å². The zero-order valence-corrected chi connectivity index (χ0v) is 14.8. The van der Waals surface area contributed by atoms with Crippen LogP contribution in [0.4, 0.5) is 11.6 Å². The summed E-state index contributed by atoms with van der Waals surface area (Å²) in [5.41, 5.74) is 3.03. The van der Waals surface area contributed by atoms with E-state index < -0.39 is 0 Å². The molecule has 1 amide bonds. The largest absolute Gasteiger partial charge is 0.337 e. The molecule has 3 aromatic rings. The normalized spacial score (nSPS) is 17.1. The van der Waals surface area contributed by atoms with Crippen LogP contribution in [0.5, 0.6) is 0 Å². The van der Waals surface area contributed by atoms with Crippen LogP contribution in [0.15, 0.2) is 41.9 Å². The molecule has 8 nitrogen and oxygen atoms in total. The molecule has 3 aromatic heterocycles. The highest BCUT2D eigenvalue weighted by Crippen LogP contribution is 2.30. The third kappa shape index (κ3) is 3.52. The first kappa shape index (κ1) is 16.5. The van der Waals surface area contributed by atoms with Crippen molar-refractivity contribution in [2.75, 3.05) is 18.4 Å². The van der Waals surface area contributed by atoms with E-state index in [2.05, 4.69) is 30.2 Å². The van der Waals surface area contributed by atoms with Gasteiger partial charge in [-0.15, -0.1) is 11.3 Å². The highest BCUT2D eigenvalue weighted by molar-refractivity contribution is 7.07. The summed E-state index contributed by atoms with van der Waals surface area (Å²) >= 11 is 1.43. The minimum absolute atomic E-state index is 0.0247. The quantitative estimate of drug-likeness (QED) is 0.756. The molecule has 9 heteroatoms. The van der Waals surface area contributed by atoms with E-state index in [0.717, 1.165) is 25.1 Å². The van der Waals surface area contributed by atoms with E-state index in [1.54, 1.807) is 41.9 Å². The van der Waals surface area contributed by atoms with Crippen LogP contribution in [0, 0.1) is 0 Å². The molecule has 0 bridgehead atoms. The molecule has 0 spiro atoms. The molecular weight excluding hydrogens is 350 g/mol. The van der Waals surface area contributed by atoms with Crippen molar-refractivity contribution in [2.24, 2.45) is 0 Å². The molecule has 1 aliphatic rings. The zero-order chi connectivity index (χ0) is 17.8. The number of likely N-dealkylation sites (tertiary alicyclic amines) is 1. The van der Waals surface area contributed by atoms with Crippen LogP contribution < -0.4 is 5.32 Å². The van der Waals surface area contributed by atoms with Crippen LogP contribution in [0.25, 0.3) is 0 Å². The lowest BCUT2D eigenvalue weighted by Crippen LogP contribution is -2.39. The van der Waals surface area contributed by atoms with Crippen molar-refractivity contribution < 1.29 is 4.79 Å². The van der Waals surface area contributed by atoms with Crippen molar-refractivity contribution in [2.45, 2.75) is 18.8 Å². The Morgan fingerprint density at radius 1 is 1.15 bits per heavy atom. The zero-order valence-electron chi connectivity index (χ0n) is 13.9. The van der Waals surface area contributed by atoms with Gasteiger partial charge in [-0.05, 0) is 12.8 Å². The van der Waals surface area contributed by atoms with Crippen LogP contribution >= 0.6 is 11.3 Å². The fourth-order valence-electron chi connectivity index (χ4n) is 3.09. The van der Waals surface area contributed by atoms with Gasteiger partial charge in [0, 0.05) is 49.2 Å². The predicted octanol–water partition coefficient (Wildman–Crippen LogP) is 2.49. The summed E-state index contributed by atoms with van der Waals surface area (Å²) in [6.45, 7) is 1.34. The number of carbonyl (C=O) groups excluding carboxylic acids is 1. The fraction of sp³-hybridized carbons (Fsp3) is 0.294. The molecule has 4 heterocycles. The van der Waals surface area contributed by atoms with Crippen molar-refractivity contribution in [3.05, 3.63) is 53.3 Å². The number of rotatable bonds is 4. The van der Waals surface area contributed by atoms with Gasteiger partial charge in [-0.25, -0.2) is 15.0 Å². The van der Waals surface area contributed by atoms with E-state index in [9.17, 15) is 4.79 Å². The van der Waals surface area contributed by atoms with Crippen molar-refractivity contribution in [3.63, 3.8) is 0 Å². The first-order valence-corrected chi connectivity index (χ1v) is 9.27. The molecule has 1 N–H and O–H groups in total. The lowest BCUT2D eigenvalue weighted by atomic mass is 9.94. The maximum absolute atomic E-state index is 12.6. The van der Waals surface area contributed by atoms with E-state index in [0.29, 0.717) is 23.9 Å². The van der Waals surface area contributed by atoms with Gasteiger partial charge in [0.15, 0.2) is 5.82 Å². The Morgan fingerprint density at radius 2 is 2.04 bits per heavy atom. The third-order valence-electron chi connectivity index (χ3n) is 4.28. The average Bonchev–Trinajstić information content (AvgIpc) is 3.24. The highest BCUT2D eigenvalue weighted by Gasteiger charge is 2.29. The smallest absolute Gasteiger partial charge is 0.273 e. The van der Waals surface area contributed by atoms with Gasteiger partial charge in [0.05, 0.1) is 17.4 Å². The van der Waals surface area contributed by atoms with Gasteiger partial charge in [-0.3, -0.25) is 14.8 Å². The number of nitrogens with one attached hydrogen (secondary N) is 1. The Hall–Kier alpha value is -2.94.